The Kier molecular flexibility index (Phi) is 5.88. The molecule has 0 spiro atoms. The van der Waals surface area contributed by atoms with Crippen LogP contribution in [-0.2, 0) is 0 Å². The third kappa shape index (κ3) is 3.84. The third-order valence-electron chi connectivity index (χ3n) is 9.19. The number of nitriles is 1. The lowest BCUT2D eigenvalue weighted by molar-refractivity contribution is 1.17. The summed E-state index contributed by atoms with van der Waals surface area (Å²) >= 11 is 0. The van der Waals surface area contributed by atoms with Crippen LogP contribution in [0.1, 0.15) is 5.56 Å². The van der Waals surface area contributed by atoms with Crippen LogP contribution in [0.25, 0.3) is 77.2 Å². The number of rotatable bonds is 4. The highest BCUT2D eigenvalue weighted by atomic mass is 15.0. The van der Waals surface area contributed by atoms with Crippen LogP contribution in [0, 0.1) is 11.3 Å². The van der Waals surface area contributed by atoms with E-state index in [2.05, 4.69) is 155 Å². The molecule has 0 saturated heterocycles. The minimum Gasteiger partial charge on any atom is -0.309 e. The molecule has 46 heavy (non-hydrogen) atoms. The first-order chi connectivity index (χ1) is 22.8. The number of nitrogens with zero attached hydrogens (tertiary/aromatic N) is 3. The Hall–Kier alpha value is -6.37. The molecule has 0 N–H and O–H groups in total. The predicted octanol–water partition coefficient (Wildman–Crippen LogP) is 11.1. The van der Waals surface area contributed by atoms with E-state index >= 15 is 0 Å². The van der Waals surface area contributed by atoms with Gasteiger partial charge in [0.2, 0.25) is 0 Å². The molecule has 9 rings (SSSR count). The molecule has 0 aliphatic heterocycles. The quantitative estimate of drug-likeness (QED) is 0.202. The summed E-state index contributed by atoms with van der Waals surface area (Å²) in [7, 11) is 0. The molecule has 3 heteroatoms. The fourth-order valence-electron chi connectivity index (χ4n) is 7.21. The van der Waals surface area contributed by atoms with Crippen molar-refractivity contribution in [2.75, 3.05) is 0 Å². The monoisotopic (exact) mass is 585 g/mol. The van der Waals surface area contributed by atoms with Crippen molar-refractivity contribution >= 4 is 43.6 Å². The molecule has 2 aromatic heterocycles. The van der Waals surface area contributed by atoms with Crippen molar-refractivity contribution in [3.05, 3.63) is 169 Å². The Morgan fingerprint density at radius 3 is 1.48 bits per heavy atom. The predicted molar refractivity (Wildman–Crippen MR) is 191 cm³/mol. The summed E-state index contributed by atoms with van der Waals surface area (Å²) in [6.07, 6.45) is 0. The molecule has 214 valence electrons. The maximum absolute atomic E-state index is 9.94. The molecule has 2 heterocycles. The molecule has 3 nitrogen and oxygen atoms in total. The maximum Gasteiger partial charge on any atom is 0.101 e. The first-order valence-electron chi connectivity index (χ1n) is 15.5. The van der Waals surface area contributed by atoms with Crippen LogP contribution >= 0.6 is 0 Å². The summed E-state index contributed by atoms with van der Waals surface area (Å²) in [6, 6.07) is 60.2. The Morgan fingerprint density at radius 2 is 0.826 bits per heavy atom. The molecule has 0 aliphatic rings. The van der Waals surface area contributed by atoms with Crippen molar-refractivity contribution < 1.29 is 0 Å². The fourth-order valence-corrected chi connectivity index (χ4v) is 7.21. The van der Waals surface area contributed by atoms with Crippen LogP contribution in [0.15, 0.2) is 164 Å². The summed E-state index contributed by atoms with van der Waals surface area (Å²) in [6.45, 7) is 0. The normalized spacial score (nSPS) is 11.5. The molecule has 9 aromatic rings. The average molecular weight is 586 g/mol. The zero-order valence-corrected chi connectivity index (χ0v) is 24.9. The van der Waals surface area contributed by atoms with E-state index in [0.717, 1.165) is 38.7 Å². The van der Waals surface area contributed by atoms with E-state index in [1.807, 2.05) is 24.3 Å². The smallest absolute Gasteiger partial charge is 0.101 e. The standard InChI is InChI=1S/C43H27N3/c44-28-30-13-1-8-20-38(30)45-42-24-12-7-19-36(42)37-27-29(25-26-43(37)45)31-14-2-3-15-32(31)33-16-4-9-21-39(33)46-40-22-10-5-17-34(40)35-18-6-11-23-41(35)46/h1-27H. The number of aromatic nitrogens is 2. The second kappa shape index (κ2) is 10.4. The van der Waals surface area contributed by atoms with Crippen molar-refractivity contribution in [2.24, 2.45) is 0 Å². The molecule has 0 unspecified atom stereocenters. The highest BCUT2D eigenvalue weighted by Crippen LogP contribution is 2.41. The largest absolute Gasteiger partial charge is 0.309 e. The highest BCUT2D eigenvalue weighted by molar-refractivity contribution is 6.12. The average Bonchev–Trinajstić information content (AvgIpc) is 3.64. The SMILES string of the molecule is N#Cc1ccccc1-n1c2ccccc2c2cc(-c3ccccc3-c3ccccc3-n3c4ccccc4c4ccccc43)ccc21. The van der Waals surface area contributed by atoms with Crippen LogP contribution in [0.4, 0.5) is 0 Å². The van der Waals surface area contributed by atoms with E-state index in [9.17, 15) is 5.26 Å². The Morgan fingerprint density at radius 1 is 0.370 bits per heavy atom. The number of para-hydroxylation sites is 5. The van der Waals surface area contributed by atoms with Crippen LogP contribution in [0.5, 0.6) is 0 Å². The summed E-state index contributed by atoms with van der Waals surface area (Å²) in [5.74, 6) is 0. The summed E-state index contributed by atoms with van der Waals surface area (Å²) in [5, 5.41) is 14.8. The van der Waals surface area contributed by atoms with E-state index in [-0.39, 0.29) is 0 Å². The summed E-state index contributed by atoms with van der Waals surface area (Å²) < 4.78 is 4.62. The van der Waals surface area contributed by atoms with Gasteiger partial charge in [-0.25, -0.2) is 0 Å². The van der Waals surface area contributed by atoms with Gasteiger partial charge in [0, 0.05) is 27.1 Å². The third-order valence-corrected chi connectivity index (χ3v) is 9.19. The van der Waals surface area contributed by atoms with Crippen LogP contribution < -0.4 is 0 Å². The topological polar surface area (TPSA) is 33.6 Å². The van der Waals surface area contributed by atoms with Gasteiger partial charge < -0.3 is 9.13 Å². The van der Waals surface area contributed by atoms with Crippen LogP contribution in [-0.4, -0.2) is 9.13 Å². The second-order valence-electron chi connectivity index (χ2n) is 11.6. The van der Waals surface area contributed by atoms with Gasteiger partial charge in [0.1, 0.15) is 6.07 Å². The molecule has 0 aliphatic carbocycles. The van der Waals surface area contributed by atoms with Crippen LogP contribution in [0.3, 0.4) is 0 Å². The minimum atomic E-state index is 0.654. The van der Waals surface area contributed by atoms with E-state index in [1.54, 1.807) is 0 Å². The van der Waals surface area contributed by atoms with E-state index < -0.39 is 0 Å². The fraction of sp³-hybridized carbons (Fsp3) is 0. The van der Waals surface area contributed by atoms with Gasteiger partial charge in [0.25, 0.3) is 0 Å². The Bertz CT molecular complexity index is 2610. The highest BCUT2D eigenvalue weighted by Gasteiger charge is 2.19. The van der Waals surface area contributed by atoms with Crippen molar-refractivity contribution in [1.29, 1.82) is 5.26 Å². The molecule has 0 atom stereocenters. The summed E-state index contributed by atoms with van der Waals surface area (Å²) in [5.41, 5.74) is 11.9. The minimum absolute atomic E-state index is 0.654. The molecule has 0 saturated carbocycles. The number of hydrogen-bond acceptors (Lipinski definition) is 1. The molecule has 7 aromatic carbocycles. The van der Waals surface area contributed by atoms with Crippen molar-refractivity contribution in [3.63, 3.8) is 0 Å². The van der Waals surface area contributed by atoms with Gasteiger partial charge >= 0.3 is 0 Å². The Labute approximate surface area is 266 Å². The number of hydrogen-bond donors (Lipinski definition) is 0. The van der Waals surface area contributed by atoms with Crippen molar-refractivity contribution in [1.82, 2.24) is 9.13 Å². The van der Waals surface area contributed by atoms with E-state index in [4.69, 9.17) is 0 Å². The number of fused-ring (bicyclic) bond motifs is 6. The molecule has 0 radical (unpaired) electrons. The van der Waals surface area contributed by atoms with Gasteiger partial charge in [-0.1, -0.05) is 115 Å². The zero-order chi connectivity index (χ0) is 30.6. The summed E-state index contributed by atoms with van der Waals surface area (Å²) in [4.78, 5) is 0. The lowest BCUT2D eigenvalue weighted by Crippen LogP contribution is -1.98. The van der Waals surface area contributed by atoms with Gasteiger partial charge in [-0.3, -0.25) is 0 Å². The molecule has 0 bridgehead atoms. The van der Waals surface area contributed by atoms with Gasteiger partial charge in [0.15, 0.2) is 0 Å². The Balaban J connectivity index is 1.28. The lowest BCUT2D eigenvalue weighted by Gasteiger charge is -2.17. The van der Waals surface area contributed by atoms with Crippen LogP contribution in [0.2, 0.25) is 0 Å². The molecule has 0 amide bonds. The van der Waals surface area contributed by atoms with Gasteiger partial charge in [-0.2, -0.15) is 5.26 Å². The molecular formula is C43H27N3. The first-order valence-corrected chi connectivity index (χ1v) is 15.5. The van der Waals surface area contributed by atoms with Gasteiger partial charge in [-0.15, -0.1) is 0 Å². The van der Waals surface area contributed by atoms with E-state index in [0.29, 0.717) is 5.56 Å². The molecule has 0 fully saturated rings. The lowest BCUT2D eigenvalue weighted by atomic mass is 9.92. The first kappa shape index (κ1) is 26.1. The maximum atomic E-state index is 9.94. The number of benzene rings is 7. The van der Waals surface area contributed by atoms with Crippen molar-refractivity contribution in [3.8, 4) is 39.7 Å². The van der Waals surface area contributed by atoms with Gasteiger partial charge in [-0.05, 0) is 65.2 Å². The second-order valence-corrected chi connectivity index (χ2v) is 11.6. The van der Waals surface area contributed by atoms with Gasteiger partial charge in [0.05, 0.1) is 39.0 Å². The molecular weight excluding hydrogens is 558 g/mol. The zero-order valence-electron chi connectivity index (χ0n) is 24.9. The van der Waals surface area contributed by atoms with Crippen molar-refractivity contribution in [2.45, 2.75) is 0 Å². The van der Waals surface area contributed by atoms with E-state index in [1.165, 1.54) is 38.5 Å².